The summed E-state index contributed by atoms with van der Waals surface area (Å²) < 4.78 is 5.45. The third-order valence-electron chi connectivity index (χ3n) is 4.85. The van der Waals surface area contributed by atoms with Gasteiger partial charge in [-0.25, -0.2) is 0 Å². The smallest absolute Gasteiger partial charge is 0.252 e. The van der Waals surface area contributed by atoms with Crippen molar-refractivity contribution >= 4 is 23.4 Å². The molecule has 0 aliphatic carbocycles. The van der Waals surface area contributed by atoms with Crippen LogP contribution in [0.4, 0.5) is 5.69 Å². The third-order valence-corrected chi connectivity index (χ3v) is 4.85. The Bertz CT molecular complexity index is 935. The van der Waals surface area contributed by atoms with E-state index in [9.17, 15) is 4.79 Å². The first-order valence-corrected chi connectivity index (χ1v) is 10.1. The van der Waals surface area contributed by atoms with Crippen molar-refractivity contribution in [2.75, 3.05) is 26.0 Å². The zero-order chi connectivity index (χ0) is 22.1. The minimum absolute atomic E-state index is 0.116. The summed E-state index contributed by atoms with van der Waals surface area (Å²) in [5.74, 6) is 0.573. The number of amides is 1. The van der Waals surface area contributed by atoms with Crippen molar-refractivity contribution in [3.05, 3.63) is 64.9 Å². The molecule has 30 heavy (non-hydrogen) atoms. The number of nitrogens with two attached hydrogens (primary N) is 1. The molecule has 2 rings (SSSR count). The number of hydrogen-bond donors (Lipinski definition) is 3. The molecule has 0 fully saturated rings. The van der Waals surface area contributed by atoms with E-state index < -0.39 is 0 Å². The number of rotatable bonds is 9. The molecule has 0 heterocycles. The molecule has 0 aliphatic heterocycles. The van der Waals surface area contributed by atoms with Crippen LogP contribution in [0.5, 0.6) is 5.75 Å². The van der Waals surface area contributed by atoms with E-state index in [1.807, 2.05) is 50.2 Å². The summed E-state index contributed by atoms with van der Waals surface area (Å²) in [6.45, 7) is 6.86. The first kappa shape index (κ1) is 23.0. The maximum atomic E-state index is 13.0. The molecule has 0 saturated carbocycles. The zero-order valence-electron chi connectivity index (χ0n) is 18.5. The fourth-order valence-corrected chi connectivity index (χ4v) is 3.11. The van der Waals surface area contributed by atoms with E-state index >= 15 is 0 Å². The van der Waals surface area contributed by atoms with E-state index in [1.54, 1.807) is 20.4 Å². The Morgan fingerprint density at radius 2 is 2.03 bits per heavy atom. The predicted molar refractivity (Wildman–Crippen MR) is 125 cm³/mol. The largest absolute Gasteiger partial charge is 0.497 e. The van der Waals surface area contributed by atoms with Crippen molar-refractivity contribution < 1.29 is 9.53 Å². The summed E-state index contributed by atoms with van der Waals surface area (Å²) in [6.07, 6.45) is 4.22. The van der Waals surface area contributed by atoms with Crippen molar-refractivity contribution in [1.29, 1.82) is 0 Å². The van der Waals surface area contributed by atoms with Crippen LogP contribution >= 0.6 is 0 Å². The van der Waals surface area contributed by atoms with Crippen LogP contribution in [0.25, 0.3) is 5.57 Å². The molecule has 160 valence electrons. The molecule has 0 saturated heterocycles. The normalized spacial score (nSPS) is 12.6. The molecule has 0 radical (unpaired) electrons. The Hall–Kier alpha value is -3.28. The van der Waals surface area contributed by atoms with Gasteiger partial charge in [0.1, 0.15) is 5.75 Å². The number of benzene rings is 2. The van der Waals surface area contributed by atoms with E-state index in [2.05, 4.69) is 22.5 Å². The first-order valence-electron chi connectivity index (χ1n) is 10.1. The van der Waals surface area contributed by atoms with Gasteiger partial charge in [0.25, 0.3) is 5.91 Å². The third kappa shape index (κ3) is 5.86. The molecule has 0 bridgehead atoms. The van der Waals surface area contributed by atoms with Crippen molar-refractivity contribution in [2.45, 2.75) is 33.2 Å². The molecule has 4 N–H and O–H groups in total. The number of aryl methyl sites for hydroxylation is 1. The predicted octanol–water partition coefficient (Wildman–Crippen LogP) is 4.32. The van der Waals surface area contributed by atoms with E-state index in [-0.39, 0.29) is 11.9 Å². The monoisotopic (exact) mass is 408 g/mol. The van der Waals surface area contributed by atoms with Crippen LogP contribution < -0.4 is 21.1 Å². The number of allylic oxidation sites excluding steroid dienone is 1. The summed E-state index contributed by atoms with van der Waals surface area (Å²) in [4.78, 5) is 17.0. The molecule has 1 unspecified atom stereocenters. The number of aliphatic imine (C=N–C) groups is 1. The summed E-state index contributed by atoms with van der Waals surface area (Å²) >= 11 is 0. The highest BCUT2D eigenvalue weighted by Gasteiger charge is 2.16. The summed E-state index contributed by atoms with van der Waals surface area (Å²) in [5, 5.41) is 6.43. The summed E-state index contributed by atoms with van der Waals surface area (Å²) in [7, 11) is 3.31. The molecular weight excluding hydrogens is 376 g/mol. The zero-order valence-corrected chi connectivity index (χ0v) is 18.5. The lowest BCUT2D eigenvalue weighted by atomic mass is 9.99. The van der Waals surface area contributed by atoms with Crippen LogP contribution in [0.15, 0.2) is 47.6 Å². The Morgan fingerprint density at radius 3 is 2.67 bits per heavy atom. The first-order chi connectivity index (χ1) is 14.4. The molecule has 6 nitrogen and oxygen atoms in total. The van der Waals surface area contributed by atoms with Gasteiger partial charge in [-0.2, -0.15) is 0 Å². The van der Waals surface area contributed by atoms with Crippen molar-refractivity contribution in [1.82, 2.24) is 5.32 Å². The lowest BCUT2D eigenvalue weighted by molar-refractivity contribution is 0.0939. The van der Waals surface area contributed by atoms with Gasteiger partial charge in [-0.3, -0.25) is 9.79 Å². The average Bonchev–Trinajstić information content (AvgIpc) is 2.76. The van der Waals surface area contributed by atoms with E-state index in [0.717, 1.165) is 40.9 Å². The summed E-state index contributed by atoms with van der Waals surface area (Å²) in [6, 6.07) is 11.4. The lowest BCUT2D eigenvalue weighted by Gasteiger charge is -2.18. The van der Waals surface area contributed by atoms with Gasteiger partial charge in [-0.15, -0.1) is 0 Å². The van der Waals surface area contributed by atoms with Gasteiger partial charge in [0.05, 0.1) is 13.2 Å². The highest BCUT2D eigenvalue weighted by atomic mass is 16.5. The van der Waals surface area contributed by atoms with Gasteiger partial charge in [-0.1, -0.05) is 13.0 Å². The van der Waals surface area contributed by atoms with E-state index in [1.165, 1.54) is 6.20 Å². The maximum Gasteiger partial charge on any atom is 0.252 e. The standard InChI is InChI=1S/C24H32N4O2/c1-6-9-27-21-8-7-16(2)23(13-21)24(29)28-17(3)18-10-19(12-22(11-18)30-5)20(14-25)15-26-4/h7-8,10-15,17,27H,6,9,25H2,1-5H3,(H,28,29)/b20-14+,26-15?. The molecule has 1 atom stereocenters. The average molecular weight is 409 g/mol. The number of anilines is 1. The molecule has 2 aromatic carbocycles. The van der Waals surface area contributed by atoms with Crippen LogP contribution in [0.3, 0.4) is 0 Å². The Balaban J connectivity index is 2.29. The molecule has 0 spiro atoms. The van der Waals surface area contributed by atoms with Crippen LogP contribution in [-0.4, -0.2) is 32.8 Å². The van der Waals surface area contributed by atoms with Crippen LogP contribution in [-0.2, 0) is 0 Å². The van der Waals surface area contributed by atoms with E-state index in [0.29, 0.717) is 11.3 Å². The number of methoxy groups -OCH3 is 1. The number of carbonyl (C=O) groups is 1. The van der Waals surface area contributed by atoms with Gasteiger partial charge in [-0.05, 0) is 67.3 Å². The highest BCUT2D eigenvalue weighted by Crippen LogP contribution is 2.26. The van der Waals surface area contributed by atoms with Gasteiger partial charge >= 0.3 is 0 Å². The highest BCUT2D eigenvalue weighted by molar-refractivity contribution is 6.09. The quantitative estimate of drug-likeness (QED) is 0.539. The van der Waals surface area contributed by atoms with Crippen LogP contribution in [0, 0.1) is 6.92 Å². The number of nitrogens with zero attached hydrogens (tertiary/aromatic N) is 1. The maximum absolute atomic E-state index is 13.0. The fourth-order valence-electron chi connectivity index (χ4n) is 3.11. The lowest BCUT2D eigenvalue weighted by Crippen LogP contribution is -2.27. The molecule has 0 aliphatic rings. The Morgan fingerprint density at radius 1 is 1.27 bits per heavy atom. The van der Waals surface area contributed by atoms with Gasteiger partial charge in [0, 0.05) is 42.8 Å². The number of nitrogens with one attached hydrogen (secondary N) is 2. The van der Waals surface area contributed by atoms with Crippen molar-refractivity contribution in [3.63, 3.8) is 0 Å². The van der Waals surface area contributed by atoms with Gasteiger partial charge in [0.2, 0.25) is 0 Å². The topological polar surface area (TPSA) is 88.7 Å². The molecule has 1 amide bonds. The molecular formula is C24H32N4O2. The SMILES string of the molecule is CCCNc1ccc(C)c(C(=O)NC(C)c2cc(OC)cc(/C(C=NC)=C/N)c2)c1. The molecule has 6 heteroatoms. The second kappa shape index (κ2) is 11.0. The van der Waals surface area contributed by atoms with Crippen molar-refractivity contribution in [2.24, 2.45) is 10.7 Å². The van der Waals surface area contributed by atoms with Crippen LogP contribution in [0.1, 0.15) is 53.4 Å². The molecule has 0 aromatic heterocycles. The Labute approximate surface area is 179 Å². The fraction of sp³-hybridized carbons (Fsp3) is 0.333. The van der Waals surface area contributed by atoms with E-state index in [4.69, 9.17) is 10.5 Å². The number of ether oxygens (including phenoxy) is 1. The minimum atomic E-state index is -0.226. The van der Waals surface area contributed by atoms with Crippen LogP contribution in [0.2, 0.25) is 0 Å². The molecule has 2 aromatic rings. The van der Waals surface area contributed by atoms with Crippen molar-refractivity contribution in [3.8, 4) is 5.75 Å². The summed E-state index contributed by atoms with van der Waals surface area (Å²) in [5.41, 5.74) is 10.9. The van der Waals surface area contributed by atoms with Gasteiger partial charge in [0.15, 0.2) is 0 Å². The van der Waals surface area contributed by atoms with Gasteiger partial charge < -0.3 is 21.1 Å². The number of hydrogen-bond acceptors (Lipinski definition) is 5. The number of carbonyl (C=O) groups excluding carboxylic acids is 1. The minimum Gasteiger partial charge on any atom is -0.497 e. The second-order valence-corrected chi connectivity index (χ2v) is 7.16. The Kier molecular flexibility index (Phi) is 8.47. The second-order valence-electron chi connectivity index (χ2n) is 7.16.